The van der Waals surface area contributed by atoms with Gasteiger partial charge in [0.15, 0.2) is 5.43 Å². The summed E-state index contributed by atoms with van der Waals surface area (Å²) in [7, 11) is 0. The van der Waals surface area contributed by atoms with Crippen molar-refractivity contribution in [3.05, 3.63) is 45.3 Å². The van der Waals surface area contributed by atoms with Crippen molar-refractivity contribution in [2.45, 2.75) is 97.8 Å². The number of hydrogen-bond acceptors (Lipinski definition) is 2. The fraction of sp³-hybridized carbons (Fsp3) is 0.625. The molecule has 0 saturated heterocycles. The average Bonchev–Trinajstić information content (AvgIpc) is 2.63. The van der Waals surface area contributed by atoms with Gasteiger partial charge in [-0.05, 0) is 49.3 Å². The minimum absolute atomic E-state index is 0.131. The van der Waals surface area contributed by atoms with Gasteiger partial charge in [0.1, 0.15) is 11.3 Å². The molecule has 0 spiro atoms. The molecule has 0 aliphatic rings. The Kier molecular flexibility index (Phi) is 8.94. The molecule has 0 fully saturated rings. The molecule has 2 nitrogen and oxygen atoms in total. The van der Waals surface area contributed by atoms with Gasteiger partial charge < -0.3 is 4.42 Å². The molecule has 0 saturated carbocycles. The Bertz CT molecular complexity index is 727. The lowest BCUT2D eigenvalue weighted by Crippen LogP contribution is -2.05. The molecule has 2 heteroatoms. The zero-order valence-corrected chi connectivity index (χ0v) is 17.0. The van der Waals surface area contributed by atoms with E-state index in [9.17, 15) is 4.79 Å². The highest BCUT2D eigenvalue weighted by molar-refractivity contribution is 5.80. The maximum absolute atomic E-state index is 12.7. The molecule has 0 bridgehead atoms. The van der Waals surface area contributed by atoms with Gasteiger partial charge in [0.05, 0.1) is 5.39 Å². The predicted molar refractivity (Wildman–Crippen MR) is 112 cm³/mol. The summed E-state index contributed by atoms with van der Waals surface area (Å²) in [5.74, 6) is 0.853. The Hall–Kier alpha value is -1.57. The van der Waals surface area contributed by atoms with E-state index in [-0.39, 0.29) is 5.43 Å². The summed E-state index contributed by atoms with van der Waals surface area (Å²) in [5.41, 5.74) is 3.51. The minimum Gasteiger partial charge on any atom is -0.461 e. The monoisotopic (exact) mass is 356 g/mol. The smallest absolute Gasteiger partial charge is 0.192 e. The van der Waals surface area contributed by atoms with Crippen LogP contribution in [0.5, 0.6) is 0 Å². The molecule has 144 valence electrons. The molecule has 2 aromatic rings. The molecule has 0 atom stereocenters. The first kappa shape index (κ1) is 20.7. The lowest BCUT2D eigenvalue weighted by Gasteiger charge is -2.11. The fourth-order valence-corrected chi connectivity index (χ4v) is 3.59. The van der Waals surface area contributed by atoms with Crippen molar-refractivity contribution in [1.29, 1.82) is 0 Å². The standard InChI is InChI=1S/C24H36O2/c1-4-7-10-13-19-16-20(14-11-8-5-2)24-22(17-19)23(25)18-21(26-24)15-12-9-6-3/h16-18H,4-15H2,1-3H3. The zero-order valence-electron chi connectivity index (χ0n) is 17.0. The maximum Gasteiger partial charge on any atom is 0.192 e. The highest BCUT2D eigenvalue weighted by Gasteiger charge is 2.12. The van der Waals surface area contributed by atoms with E-state index in [0.717, 1.165) is 48.8 Å². The van der Waals surface area contributed by atoms with Crippen LogP contribution in [0.15, 0.2) is 27.4 Å². The number of unbranched alkanes of at least 4 members (excludes halogenated alkanes) is 6. The van der Waals surface area contributed by atoms with Gasteiger partial charge in [-0.25, -0.2) is 0 Å². The molecule has 26 heavy (non-hydrogen) atoms. The summed E-state index contributed by atoms with van der Waals surface area (Å²) in [6, 6.07) is 6.10. The average molecular weight is 357 g/mol. The van der Waals surface area contributed by atoms with E-state index >= 15 is 0 Å². The molecule has 0 amide bonds. The molecule has 0 N–H and O–H groups in total. The summed E-state index contributed by atoms with van der Waals surface area (Å²) >= 11 is 0. The Morgan fingerprint density at radius 1 is 0.731 bits per heavy atom. The van der Waals surface area contributed by atoms with E-state index in [1.54, 1.807) is 6.07 Å². The summed E-state index contributed by atoms with van der Waals surface area (Å²) < 4.78 is 6.23. The Morgan fingerprint density at radius 3 is 2.00 bits per heavy atom. The third kappa shape index (κ3) is 6.00. The van der Waals surface area contributed by atoms with E-state index in [0.29, 0.717) is 0 Å². The summed E-state index contributed by atoms with van der Waals surface area (Å²) in [4.78, 5) is 12.7. The van der Waals surface area contributed by atoms with E-state index in [4.69, 9.17) is 4.42 Å². The highest BCUT2D eigenvalue weighted by atomic mass is 16.3. The van der Waals surface area contributed by atoms with E-state index in [2.05, 4.69) is 32.9 Å². The number of fused-ring (bicyclic) bond motifs is 1. The lowest BCUT2D eigenvalue weighted by atomic mass is 9.97. The topological polar surface area (TPSA) is 30.2 Å². The van der Waals surface area contributed by atoms with E-state index < -0.39 is 0 Å². The van der Waals surface area contributed by atoms with Crippen LogP contribution in [0.2, 0.25) is 0 Å². The first-order chi connectivity index (χ1) is 12.7. The van der Waals surface area contributed by atoms with E-state index in [1.807, 2.05) is 0 Å². The molecule has 1 heterocycles. The molecule has 0 unspecified atom stereocenters. The molecular weight excluding hydrogens is 320 g/mol. The van der Waals surface area contributed by atoms with Gasteiger partial charge >= 0.3 is 0 Å². The van der Waals surface area contributed by atoms with Crippen molar-refractivity contribution in [2.75, 3.05) is 0 Å². The molecule has 2 rings (SSSR count). The first-order valence-electron chi connectivity index (χ1n) is 10.8. The van der Waals surface area contributed by atoms with Gasteiger partial charge in [0.2, 0.25) is 0 Å². The second-order valence-electron chi connectivity index (χ2n) is 7.58. The van der Waals surface area contributed by atoms with Gasteiger partial charge in [-0.3, -0.25) is 4.79 Å². The second-order valence-corrected chi connectivity index (χ2v) is 7.58. The van der Waals surface area contributed by atoms with Crippen LogP contribution in [0.1, 0.15) is 95.4 Å². The third-order valence-corrected chi connectivity index (χ3v) is 5.16. The fourth-order valence-electron chi connectivity index (χ4n) is 3.59. The zero-order chi connectivity index (χ0) is 18.8. The predicted octanol–water partition coefficient (Wildman–Crippen LogP) is 6.99. The number of aryl methyl sites for hydroxylation is 3. The van der Waals surface area contributed by atoms with Crippen LogP contribution in [-0.2, 0) is 19.3 Å². The second kappa shape index (κ2) is 11.2. The molecule has 0 radical (unpaired) electrons. The normalized spacial score (nSPS) is 11.3. The Labute approximate surface area is 159 Å². The van der Waals surface area contributed by atoms with E-state index in [1.165, 1.54) is 56.1 Å². The van der Waals surface area contributed by atoms with Crippen LogP contribution in [0.25, 0.3) is 11.0 Å². The van der Waals surface area contributed by atoms with Crippen LogP contribution >= 0.6 is 0 Å². The summed E-state index contributed by atoms with van der Waals surface area (Å²) in [5, 5.41) is 0.782. The minimum atomic E-state index is 0.131. The van der Waals surface area contributed by atoms with Crippen LogP contribution in [0, 0.1) is 0 Å². The molecule has 0 aliphatic carbocycles. The summed E-state index contributed by atoms with van der Waals surface area (Å²) in [6.45, 7) is 6.65. The SMILES string of the molecule is CCCCCc1cc(CCCCC)c2oc(CCCCC)cc(=O)c2c1. The summed E-state index contributed by atoms with van der Waals surface area (Å²) in [6.07, 6.45) is 13.6. The van der Waals surface area contributed by atoms with Gasteiger partial charge in [0.25, 0.3) is 0 Å². The molecule has 1 aromatic carbocycles. The van der Waals surface area contributed by atoms with Crippen LogP contribution in [-0.4, -0.2) is 0 Å². The number of benzene rings is 1. The third-order valence-electron chi connectivity index (χ3n) is 5.16. The number of rotatable bonds is 12. The quantitative estimate of drug-likeness (QED) is 0.384. The van der Waals surface area contributed by atoms with Crippen molar-refractivity contribution >= 4 is 11.0 Å². The van der Waals surface area contributed by atoms with Crippen molar-refractivity contribution in [2.24, 2.45) is 0 Å². The maximum atomic E-state index is 12.7. The van der Waals surface area contributed by atoms with Gasteiger partial charge in [-0.1, -0.05) is 65.4 Å². The van der Waals surface area contributed by atoms with Gasteiger partial charge in [-0.2, -0.15) is 0 Å². The number of hydrogen-bond donors (Lipinski definition) is 0. The van der Waals surface area contributed by atoms with Crippen molar-refractivity contribution < 1.29 is 4.42 Å². The van der Waals surface area contributed by atoms with Crippen molar-refractivity contribution in [1.82, 2.24) is 0 Å². The molecule has 0 aliphatic heterocycles. The largest absolute Gasteiger partial charge is 0.461 e. The van der Waals surface area contributed by atoms with Gasteiger partial charge in [0, 0.05) is 12.5 Å². The lowest BCUT2D eigenvalue weighted by molar-refractivity contribution is 0.515. The Morgan fingerprint density at radius 2 is 1.35 bits per heavy atom. The van der Waals surface area contributed by atoms with Crippen LogP contribution in [0.3, 0.4) is 0 Å². The Balaban J connectivity index is 2.36. The molecule has 1 aromatic heterocycles. The molecular formula is C24H36O2. The van der Waals surface area contributed by atoms with Crippen molar-refractivity contribution in [3.63, 3.8) is 0 Å². The van der Waals surface area contributed by atoms with Crippen LogP contribution in [0.4, 0.5) is 0 Å². The van der Waals surface area contributed by atoms with Crippen LogP contribution < -0.4 is 5.43 Å². The van der Waals surface area contributed by atoms with Gasteiger partial charge in [-0.15, -0.1) is 0 Å². The highest BCUT2D eigenvalue weighted by Crippen LogP contribution is 2.24. The first-order valence-corrected chi connectivity index (χ1v) is 10.8. The van der Waals surface area contributed by atoms with Crippen molar-refractivity contribution in [3.8, 4) is 0 Å².